The first-order valence-corrected chi connectivity index (χ1v) is 10.0. The molecule has 1 unspecified atom stereocenters. The highest BCUT2D eigenvalue weighted by Crippen LogP contribution is 2.31. The Bertz CT molecular complexity index is 927. The lowest BCUT2D eigenvalue weighted by molar-refractivity contribution is -0.152. The molecule has 1 aromatic carbocycles. The predicted octanol–water partition coefficient (Wildman–Crippen LogP) is 5.77. The highest BCUT2D eigenvalue weighted by molar-refractivity contribution is 5.79. The minimum Gasteiger partial charge on any atom is -0.489 e. The zero-order valence-corrected chi connectivity index (χ0v) is 17.2. The van der Waals surface area contributed by atoms with E-state index >= 15 is 0 Å². The van der Waals surface area contributed by atoms with Crippen molar-refractivity contribution in [2.75, 3.05) is 18.0 Å². The van der Waals surface area contributed by atoms with Crippen LogP contribution in [0.5, 0.6) is 5.75 Å². The van der Waals surface area contributed by atoms with Gasteiger partial charge in [-0.2, -0.15) is 26.3 Å². The SMILES string of the molecule is C[C@H](CC(=O)CC(F)(F)F)c1ccc(OC2CCN(c3cccc(C(F)(F)F)n3)C2)cc1. The number of halogens is 6. The normalized spacial score (nSPS) is 18.0. The van der Waals surface area contributed by atoms with Crippen molar-refractivity contribution in [3.05, 3.63) is 53.7 Å². The van der Waals surface area contributed by atoms with E-state index in [1.807, 2.05) is 0 Å². The number of anilines is 1. The Morgan fingerprint density at radius 3 is 2.44 bits per heavy atom. The smallest absolute Gasteiger partial charge is 0.433 e. The molecule has 0 radical (unpaired) electrons. The molecule has 0 saturated carbocycles. The highest BCUT2D eigenvalue weighted by Gasteiger charge is 2.34. The second-order valence-electron chi connectivity index (χ2n) is 7.86. The first-order chi connectivity index (χ1) is 14.9. The lowest BCUT2D eigenvalue weighted by atomic mass is 9.94. The van der Waals surface area contributed by atoms with E-state index in [1.165, 1.54) is 12.1 Å². The van der Waals surface area contributed by atoms with Gasteiger partial charge in [0.25, 0.3) is 0 Å². The molecule has 0 spiro atoms. The molecule has 0 aliphatic carbocycles. The zero-order valence-electron chi connectivity index (χ0n) is 17.2. The Morgan fingerprint density at radius 2 is 1.81 bits per heavy atom. The van der Waals surface area contributed by atoms with Crippen molar-refractivity contribution in [1.29, 1.82) is 0 Å². The van der Waals surface area contributed by atoms with Gasteiger partial charge in [0.2, 0.25) is 0 Å². The number of nitrogens with zero attached hydrogens (tertiary/aromatic N) is 2. The summed E-state index contributed by atoms with van der Waals surface area (Å²) in [5, 5.41) is 0. The number of carbonyl (C=O) groups excluding carboxylic acids is 1. The van der Waals surface area contributed by atoms with Gasteiger partial charge >= 0.3 is 12.4 Å². The fraction of sp³-hybridized carbons (Fsp3) is 0.455. The van der Waals surface area contributed by atoms with Crippen LogP contribution in [-0.4, -0.2) is 36.1 Å². The van der Waals surface area contributed by atoms with E-state index in [-0.39, 0.29) is 24.3 Å². The van der Waals surface area contributed by atoms with Crippen molar-refractivity contribution in [2.24, 2.45) is 0 Å². The van der Waals surface area contributed by atoms with Crippen molar-refractivity contribution >= 4 is 11.6 Å². The largest absolute Gasteiger partial charge is 0.489 e. The van der Waals surface area contributed by atoms with Crippen LogP contribution in [-0.2, 0) is 11.0 Å². The van der Waals surface area contributed by atoms with Gasteiger partial charge < -0.3 is 9.64 Å². The van der Waals surface area contributed by atoms with Gasteiger partial charge in [-0.25, -0.2) is 4.98 Å². The Labute approximate surface area is 181 Å². The van der Waals surface area contributed by atoms with Crippen molar-refractivity contribution in [3.8, 4) is 5.75 Å². The molecular weight excluding hydrogens is 438 g/mol. The molecule has 2 atom stereocenters. The average Bonchev–Trinajstić information content (AvgIpc) is 3.15. The maximum Gasteiger partial charge on any atom is 0.433 e. The number of Topliss-reactive ketones (excluding diaryl/α,β-unsaturated/α-hetero) is 1. The van der Waals surface area contributed by atoms with Crippen LogP contribution < -0.4 is 9.64 Å². The lowest BCUT2D eigenvalue weighted by Crippen LogP contribution is -2.25. The van der Waals surface area contributed by atoms with E-state index in [4.69, 9.17) is 4.74 Å². The number of pyridine rings is 1. The Kier molecular flexibility index (Phi) is 7.00. The molecule has 3 rings (SSSR count). The molecule has 4 nitrogen and oxygen atoms in total. The van der Waals surface area contributed by atoms with Crippen molar-refractivity contribution in [1.82, 2.24) is 4.98 Å². The first-order valence-electron chi connectivity index (χ1n) is 10.0. The standard InChI is InChI=1S/C22H22F6N2O2/c1-14(11-16(31)12-21(23,24)25)15-5-7-17(8-6-15)32-18-9-10-30(13-18)20-4-2-3-19(29-20)22(26,27)28/h2-8,14,18H,9-13H2,1H3/t14-,18?/m1/s1. The number of aromatic nitrogens is 1. The van der Waals surface area contributed by atoms with Crippen LogP contribution in [0.4, 0.5) is 32.2 Å². The molecule has 174 valence electrons. The summed E-state index contributed by atoms with van der Waals surface area (Å²) in [6.45, 7) is 2.55. The van der Waals surface area contributed by atoms with Crippen molar-refractivity contribution in [2.45, 2.75) is 50.6 Å². The first kappa shape index (κ1) is 23.9. The maximum absolute atomic E-state index is 12.9. The second-order valence-corrected chi connectivity index (χ2v) is 7.86. The minimum absolute atomic E-state index is 0.207. The number of ether oxygens (including phenoxy) is 1. The fourth-order valence-corrected chi connectivity index (χ4v) is 3.61. The zero-order chi connectivity index (χ0) is 23.5. The van der Waals surface area contributed by atoms with Gasteiger partial charge in [0.05, 0.1) is 6.54 Å². The summed E-state index contributed by atoms with van der Waals surface area (Å²) in [4.78, 5) is 17.0. The molecule has 1 saturated heterocycles. The Morgan fingerprint density at radius 1 is 1.12 bits per heavy atom. The number of alkyl halides is 6. The number of carbonyl (C=O) groups is 1. The number of rotatable bonds is 7. The number of ketones is 1. The summed E-state index contributed by atoms with van der Waals surface area (Å²) in [6.07, 6.45) is -10.3. The minimum atomic E-state index is -4.51. The molecular formula is C22H22F6N2O2. The number of hydrogen-bond donors (Lipinski definition) is 0. The summed E-state index contributed by atoms with van der Waals surface area (Å²) in [5.41, 5.74) is -0.230. The average molecular weight is 460 g/mol. The molecule has 10 heteroatoms. The summed E-state index contributed by atoms with van der Waals surface area (Å²) in [6, 6.07) is 10.5. The van der Waals surface area contributed by atoms with E-state index < -0.39 is 30.3 Å². The predicted molar refractivity (Wildman–Crippen MR) is 106 cm³/mol. The van der Waals surface area contributed by atoms with Crippen LogP contribution in [0.15, 0.2) is 42.5 Å². The van der Waals surface area contributed by atoms with E-state index in [0.29, 0.717) is 30.8 Å². The van der Waals surface area contributed by atoms with Gasteiger partial charge in [0.15, 0.2) is 0 Å². The van der Waals surface area contributed by atoms with Gasteiger partial charge in [-0.15, -0.1) is 0 Å². The lowest BCUT2D eigenvalue weighted by Gasteiger charge is -2.19. The number of hydrogen-bond acceptors (Lipinski definition) is 4. The molecule has 32 heavy (non-hydrogen) atoms. The van der Waals surface area contributed by atoms with Crippen LogP contribution in [0.2, 0.25) is 0 Å². The molecule has 0 N–H and O–H groups in total. The van der Waals surface area contributed by atoms with E-state index in [2.05, 4.69) is 4.98 Å². The van der Waals surface area contributed by atoms with E-state index in [9.17, 15) is 31.1 Å². The molecule has 1 aliphatic heterocycles. The Hall–Kier alpha value is -2.78. The quantitative estimate of drug-likeness (QED) is 0.492. The maximum atomic E-state index is 12.9. The molecule has 1 fully saturated rings. The van der Waals surface area contributed by atoms with Crippen molar-refractivity contribution in [3.63, 3.8) is 0 Å². The highest BCUT2D eigenvalue weighted by atomic mass is 19.4. The van der Waals surface area contributed by atoms with Crippen LogP contribution in [0.1, 0.15) is 43.4 Å². The summed E-state index contributed by atoms with van der Waals surface area (Å²) < 4.78 is 81.5. The number of benzene rings is 1. The molecule has 0 amide bonds. The monoisotopic (exact) mass is 460 g/mol. The topological polar surface area (TPSA) is 42.4 Å². The van der Waals surface area contributed by atoms with Gasteiger partial charge in [0, 0.05) is 19.4 Å². The molecule has 1 aromatic heterocycles. The summed E-state index contributed by atoms with van der Waals surface area (Å²) in [5.74, 6) is -0.461. The van der Waals surface area contributed by atoms with Crippen LogP contribution in [0, 0.1) is 0 Å². The third-order valence-corrected chi connectivity index (χ3v) is 5.18. The van der Waals surface area contributed by atoms with Gasteiger partial charge in [-0.3, -0.25) is 4.79 Å². The molecule has 2 aromatic rings. The van der Waals surface area contributed by atoms with E-state index in [1.54, 1.807) is 36.1 Å². The Balaban J connectivity index is 1.55. The summed E-state index contributed by atoms with van der Waals surface area (Å²) in [7, 11) is 0. The van der Waals surface area contributed by atoms with Crippen molar-refractivity contribution < 1.29 is 35.9 Å². The summed E-state index contributed by atoms with van der Waals surface area (Å²) >= 11 is 0. The molecule has 1 aliphatic rings. The van der Waals surface area contributed by atoms with Gasteiger partial charge in [-0.05, 0) is 35.7 Å². The third-order valence-electron chi connectivity index (χ3n) is 5.18. The van der Waals surface area contributed by atoms with Gasteiger partial charge in [-0.1, -0.05) is 25.1 Å². The molecule has 2 heterocycles. The van der Waals surface area contributed by atoms with Crippen LogP contribution >= 0.6 is 0 Å². The fourth-order valence-electron chi connectivity index (χ4n) is 3.61. The van der Waals surface area contributed by atoms with Crippen LogP contribution in [0.3, 0.4) is 0 Å². The van der Waals surface area contributed by atoms with E-state index in [0.717, 1.165) is 6.07 Å². The third kappa shape index (κ3) is 6.61. The van der Waals surface area contributed by atoms with Crippen LogP contribution in [0.25, 0.3) is 0 Å². The second kappa shape index (κ2) is 9.38. The molecule has 0 bridgehead atoms. The van der Waals surface area contributed by atoms with Gasteiger partial charge in [0.1, 0.15) is 35.6 Å².